The van der Waals surface area contributed by atoms with Crippen LogP contribution in [0.1, 0.15) is 34.9 Å². The Bertz CT molecular complexity index is 499. The standard InChI is InChI=1S/C13H16N2OS/c1-3-10-8-11(4-2)15(14-10)9-12(16)13-6-5-7-17-13/h5-8H,3-4,9H2,1-2H3. The van der Waals surface area contributed by atoms with Gasteiger partial charge in [0, 0.05) is 5.69 Å². The Morgan fingerprint density at radius 1 is 1.41 bits per heavy atom. The highest BCUT2D eigenvalue weighted by Gasteiger charge is 2.11. The molecule has 0 aliphatic carbocycles. The summed E-state index contributed by atoms with van der Waals surface area (Å²) in [5.41, 5.74) is 2.19. The number of carbonyl (C=O) groups is 1. The van der Waals surface area contributed by atoms with Gasteiger partial charge in [-0.2, -0.15) is 5.10 Å². The fraction of sp³-hybridized carbons (Fsp3) is 0.385. The molecule has 0 atom stereocenters. The number of hydrogen-bond donors (Lipinski definition) is 0. The Balaban J connectivity index is 2.18. The number of rotatable bonds is 5. The van der Waals surface area contributed by atoms with Crippen molar-refractivity contribution >= 4 is 17.1 Å². The number of carbonyl (C=O) groups excluding carboxylic acids is 1. The van der Waals surface area contributed by atoms with Crippen LogP contribution >= 0.6 is 11.3 Å². The lowest BCUT2D eigenvalue weighted by Crippen LogP contribution is -2.13. The van der Waals surface area contributed by atoms with Crippen LogP contribution in [0.25, 0.3) is 0 Å². The molecule has 3 nitrogen and oxygen atoms in total. The summed E-state index contributed by atoms with van der Waals surface area (Å²) >= 11 is 1.49. The first-order valence-corrected chi connectivity index (χ1v) is 6.74. The first-order valence-electron chi connectivity index (χ1n) is 5.86. The van der Waals surface area contributed by atoms with Crippen molar-refractivity contribution < 1.29 is 4.79 Å². The topological polar surface area (TPSA) is 34.9 Å². The zero-order chi connectivity index (χ0) is 12.3. The summed E-state index contributed by atoms with van der Waals surface area (Å²) in [6.45, 7) is 4.51. The molecule has 0 aromatic carbocycles. The predicted octanol–water partition coefficient (Wildman–Crippen LogP) is 2.95. The van der Waals surface area contributed by atoms with Crippen molar-refractivity contribution in [3.63, 3.8) is 0 Å². The summed E-state index contributed by atoms with van der Waals surface area (Å²) in [4.78, 5) is 12.8. The molecule has 0 saturated carbocycles. The smallest absolute Gasteiger partial charge is 0.194 e. The van der Waals surface area contributed by atoms with Gasteiger partial charge in [-0.05, 0) is 30.4 Å². The van der Waals surface area contributed by atoms with Gasteiger partial charge in [0.05, 0.1) is 10.6 Å². The van der Waals surface area contributed by atoms with Gasteiger partial charge >= 0.3 is 0 Å². The van der Waals surface area contributed by atoms with Crippen LogP contribution in [-0.2, 0) is 19.4 Å². The van der Waals surface area contributed by atoms with E-state index in [1.807, 2.05) is 22.2 Å². The predicted molar refractivity (Wildman–Crippen MR) is 69.6 cm³/mol. The molecule has 0 bridgehead atoms. The zero-order valence-corrected chi connectivity index (χ0v) is 11.0. The lowest BCUT2D eigenvalue weighted by molar-refractivity contribution is 0.0970. The third-order valence-corrected chi connectivity index (χ3v) is 3.64. The van der Waals surface area contributed by atoms with E-state index in [1.165, 1.54) is 11.3 Å². The van der Waals surface area contributed by atoms with Gasteiger partial charge in [-0.3, -0.25) is 9.48 Å². The molecule has 0 saturated heterocycles. The van der Waals surface area contributed by atoms with Gasteiger partial charge in [0.25, 0.3) is 0 Å². The largest absolute Gasteiger partial charge is 0.291 e. The van der Waals surface area contributed by atoms with Crippen molar-refractivity contribution in [2.24, 2.45) is 0 Å². The number of aromatic nitrogens is 2. The summed E-state index contributed by atoms with van der Waals surface area (Å²) in [7, 11) is 0. The van der Waals surface area contributed by atoms with E-state index in [4.69, 9.17) is 0 Å². The van der Waals surface area contributed by atoms with Gasteiger partial charge in [-0.15, -0.1) is 11.3 Å². The summed E-state index contributed by atoms with van der Waals surface area (Å²) in [6, 6.07) is 5.85. The molecule has 2 rings (SSSR count). The van der Waals surface area contributed by atoms with Crippen LogP contribution in [0, 0.1) is 0 Å². The second-order valence-electron chi connectivity index (χ2n) is 3.89. The minimum absolute atomic E-state index is 0.139. The normalized spacial score (nSPS) is 10.7. The number of hydrogen-bond acceptors (Lipinski definition) is 3. The Kier molecular flexibility index (Phi) is 3.74. The third kappa shape index (κ3) is 2.64. The van der Waals surface area contributed by atoms with Crippen molar-refractivity contribution in [1.29, 1.82) is 0 Å². The Hall–Kier alpha value is -1.42. The Morgan fingerprint density at radius 2 is 2.24 bits per heavy atom. The highest BCUT2D eigenvalue weighted by atomic mass is 32.1. The molecule has 0 unspecified atom stereocenters. The number of aryl methyl sites for hydroxylation is 2. The second kappa shape index (κ2) is 5.27. The molecule has 90 valence electrons. The SMILES string of the molecule is CCc1cc(CC)n(CC(=O)c2cccs2)n1. The maximum Gasteiger partial charge on any atom is 0.194 e. The van der Waals surface area contributed by atoms with Gasteiger partial charge in [0.15, 0.2) is 5.78 Å². The average molecular weight is 248 g/mol. The fourth-order valence-corrected chi connectivity index (χ4v) is 2.42. The molecular formula is C13H16N2OS. The second-order valence-corrected chi connectivity index (χ2v) is 4.84. The number of Topliss-reactive ketones (excluding diaryl/α,β-unsaturated/α-hetero) is 1. The van der Waals surface area contributed by atoms with Gasteiger partial charge in [0.1, 0.15) is 6.54 Å². The van der Waals surface area contributed by atoms with Gasteiger partial charge in [-0.1, -0.05) is 19.9 Å². The van der Waals surface area contributed by atoms with Gasteiger partial charge < -0.3 is 0 Å². The highest BCUT2D eigenvalue weighted by Crippen LogP contribution is 2.12. The Labute approximate surface area is 105 Å². The fourth-order valence-electron chi connectivity index (χ4n) is 1.76. The monoisotopic (exact) mass is 248 g/mol. The van der Waals surface area contributed by atoms with E-state index in [2.05, 4.69) is 25.0 Å². The van der Waals surface area contributed by atoms with E-state index in [-0.39, 0.29) is 5.78 Å². The molecule has 2 heterocycles. The number of ketones is 1. The van der Waals surface area contributed by atoms with E-state index in [9.17, 15) is 4.79 Å². The molecule has 0 fully saturated rings. The highest BCUT2D eigenvalue weighted by molar-refractivity contribution is 7.12. The summed E-state index contributed by atoms with van der Waals surface area (Å²) < 4.78 is 1.83. The van der Waals surface area contributed by atoms with Crippen molar-refractivity contribution in [3.05, 3.63) is 39.8 Å². The lowest BCUT2D eigenvalue weighted by atomic mass is 10.2. The molecule has 0 spiro atoms. The first-order chi connectivity index (χ1) is 8.24. The van der Waals surface area contributed by atoms with Crippen LogP contribution in [0.2, 0.25) is 0 Å². The Morgan fingerprint density at radius 3 is 2.82 bits per heavy atom. The van der Waals surface area contributed by atoms with Crippen molar-refractivity contribution in [3.8, 4) is 0 Å². The summed E-state index contributed by atoms with van der Waals surface area (Å²) in [5.74, 6) is 0.139. The molecule has 0 amide bonds. The van der Waals surface area contributed by atoms with E-state index in [0.29, 0.717) is 6.54 Å². The maximum absolute atomic E-state index is 12.0. The van der Waals surface area contributed by atoms with Crippen molar-refractivity contribution in [2.75, 3.05) is 0 Å². The van der Waals surface area contributed by atoms with Crippen LogP contribution in [0.5, 0.6) is 0 Å². The number of nitrogens with zero attached hydrogens (tertiary/aromatic N) is 2. The van der Waals surface area contributed by atoms with Gasteiger partial charge in [-0.25, -0.2) is 0 Å². The molecule has 0 N–H and O–H groups in total. The summed E-state index contributed by atoms with van der Waals surface area (Å²) in [5, 5.41) is 6.37. The van der Waals surface area contributed by atoms with Crippen LogP contribution in [-0.4, -0.2) is 15.6 Å². The van der Waals surface area contributed by atoms with Crippen LogP contribution in [0.15, 0.2) is 23.6 Å². The number of thiophene rings is 1. The molecule has 2 aromatic rings. The lowest BCUT2D eigenvalue weighted by Gasteiger charge is -2.03. The van der Waals surface area contributed by atoms with E-state index < -0.39 is 0 Å². The molecule has 0 aliphatic heterocycles. The maximum atomic E-state index is 12.0. The average Bonchev–Trinajstić information content (AvgIpc) is 2.97. The minimum atomic E-state index is 0.139. The molecule has 0 aliphatic rings. The third-order valence-electron chi connectivity index (χ3n) is 2.73. The van der Waals surface area contributed by atoms with Crippen LogP contribution in [0.3, 0.4) is 0 Å². The van der Waals surface area contributed by atoms with Crippen LogP contribution in [0.4, 0.5) is 0 Å². The molecular weight excluding hydrogens is 232 g/mol. The molecule has 17 heavy (non-hydrogen) atoms. The first kappa shape index (κ1) is 12.0. The molecule has 0 radical (unpaired) electrons. The van der Waals surface area contributed by atoms with Gasteiger partial charge in [0.2, 0.25) is 0 Å². The molecule has 2 aromatic heterocycles. The quantitative estimate of drug-likeness (QED) is 0.762. The minimum Gasteiger partial charge on any atom is -0.291 e. The van der Waals surface area contributed by atoms with Crippen molar-refractivity contribution in [1.82, 2.24) is 9.78 Å². The van der Waals surface area contributed by atoms with Crippen LogP contribution < -0.4 is 0 Å². The zero-order valence-electron chi connectivity index (χ0n) is 10.1. The van der Waals surface area contributed by atoms with Crippen molar-refractivity contribution in [2.45, 2.75) is 33.2 Å². The van der Waals surface area contributed by atoms with E-state index in [1.54, 1.807) is 0 Å². The van der Waals surface area contributed by atoms with E-state index in [0.717, 1.165) is 29.1 Å². The van der Waals surface area contributed by atoms with E-state index >= 15 is 0 Å². The summed E-state index contributed by atoms with van der Waals surface area (Å²) in [6.07, 6.45) is 1.82. The molecule has 4 heteroatoms.